The van der Waals surface area contributed by atoms with Crippen molar-refractivity contribution in [3.8, 4) is 5.75 Å². The molecule has 8 heteroatoms. The standard InChI is InChI=1S/C13H10F2N2O3S/c14-13(15)19-9-5-3-8(4-6-9)12(18)20-17-11(16)10-2-1-7-21-10/h1-7,13H,(H2,16,17). The number of carbonyl (C=O) groups is 1. The third-order valence-electron chi connectivity index (χ3n) is 2.32. The third kappa shape index (κ3) is 4.25. The van der Waals surface area contributed by atoms with Gasteiger partial charge in [0.15, 0.2) is 5.84 Å². The molecule has 0 bridgehead atoms. The molecular weight excluding hydrogens is 302 g/mol. The maximum absolute atomic E-state index is 12.0. The Kier molecular flexibility index (Phi) is 4.83. The normalized spacial score (nSPS) is 11.5. The molecule has 0 atom stereocenters. The van der Waals surface area contributed by atoms with Crippen molar-refractivity contribution in [1.82, 2.24) is 0 Å². The van der Waals surface area contributed by atoms with Crippen LogP contribution in [0.5, 0.6) is 5.75 Å². The van der Waals surface area contributed by atoms with E-state index in [1.54, 1.807) is 17.5 Å². The molecule has 0 fully saturated rings. The molecule has 0 saturated heterocycles. The molecule has 0 amide bonds. The summed E-state index contributed by atoms with van der Waals surface area (Å²) in [5.74, 6) is -0.725. The highest BCUT2D eigenvalue weighted by Gasteiger charge is 2.10. The van der Waals surface area contributed by atoms with Gasteiger partial charge in [0.05, 0.1) is 10.4 Å². The molecule has 2 rings (SSSR count). The van der Waals surface area contributed by atoms with E-state index in [9.17, 15) is 13.6 Å². The number of nitrogens with zero attached hydrogens (tertiary/aromatic N) is 1. The van der Waals surface area contributed by atoms with E-state index >= 15 is 0 Å². The van der Waals surface area contributed by atoms with E-state index in [2.05, 4.69) is 14.7 Å². The van der Waals surface area contributed by atoms with Gasteiger partial charge in [-0.15, -0.1) is 11.3 Å². The monoisotopic (exact) mass is 312 g/mol. The molecule has 5 nitrogen and oxygen atoms in total. The van der Waals surface area contributed by atoms with Gasteiger partial charge in [0.25, 0.3) is 0 Å². The first-order chi connectivity index (χ1) is 10.1. The van der Waals surface area contributed by atoms with Gasteiger partial charge in [-0.05, 0) is 35.7 Å². The van der Waals surface area contributed by atoms with Gasteiger partial charge < -0.3 is 15.3 Å². The van der Waals surface area contributed by atoms with Crippen molar-refractivity contribution in [3.05, 3.63) is 52.2 Å². The van der Waals surface area contributed by atoms with Crippen molar-refractivity contribution in [2.75, 3.05) is 0 Å². The van der Waals surface area contributed by atoms with Gasteiger partial charge in [0.1, 0.15) is 5.75 Å². The number of hydrogen-bond acceptors (Lipinski definition) is 5. The predicted molar refractivity (Wildman–Crippen MR) is 73.5 cm³/mol. The Labute approximate surface area is 122 Å². The summed E-state index contributed by atoms with van der Waals surface area (Å²) in [5.41, 5.74) is 5.76. The zero-order valence-electron chi connectivity index (χ0n) is 10.5. The van der Waals surface area contributed by atoms with Crippen molar-refractivity contribution in [2.45, 2.75) is 6.61 Å². The number of thiophene rings is 1. The molecule has 0 aliphatic heterocycles. The predicted octanol–water partition coefficient (Wildman–Crippen LogP) is 2.83. The highest BCUT2D eigenvalue weighted by atomic mass is 32.1. The summed E-state index contributed by atoms with van der Waals surface area (Å²) < 4.78 is 28.1. The summed E-state index contributed by atoms with van der Waals surface area (Å²) in [5, 5.41) is 5.32. The minimum absolute atomic E-state index is 0.0526. The number of hydrogen-bond donors (Lipinski definition) is 1. The van der Waals surface area contributed by atoms with Gasteiger partial charge in [0.2, 0.25) is 0 Å². The van der Waals surface area contributed by atoms with Crippen molar-refractivity contribution in [3.63, 3.8) is 0 Å². The highest BCUT2D eigenvalue weighted by molar-refractivity contribution is 7.12. The summed E-state index contributed by atoms with van der Waals surface area (Å²) in [7, 11) is 0. The maximum atomic E-state index is 12.0. The van der Waals surface area contributed by atoms with Crippen LogP contribution >= 0.6 is 11.3 Å². The summed E-state index contributed by atoms with van der Waals surface area (Å²) >= 11 is 1.35. The Balaban J connectivity index is 1.99. The van der Waals surface area contributed by atoms with Gasteiger partial charge in [-0.2, -0.15) is 8.78 Å². The molecule has 0 saturated carbocycles. The Morgan fingerprint density at radius 2 is 1.95 bits per heavy atom. The number of benzene rings is 1. The molecule has 2 aromatic rings. The lowest BCUT2D eigenvalue weighted by Gasteiger charge is -2.04. The minimum atomic E-state index is -2.92. The molecule has 0 aliphatic carbocycles. The van der Waals surface area contributed by atoms with E-state index in [0.717, 1.165) is 0 Å². The van der Waals surface area contributed by atoms with E-state index < -0.39 is 12.6 Å². The number of alkyl halides is 2. The molecule has 0 aliphatic rings. The smallest absolute Gasteiger partial charge is 0.387 e. The van der Waals surface area contributed by atoms with Gasteiger partial charge in [-0.1, -0.05) is 11.2 Å². The first kappa shape index (κ1) is 14.9. The Morgan fingerprint density at radius 1 is 1.24 bits per heavy atom. The summed E-state index contributed by atoms with van der Waals surface area (Å²) in [6, 6.07) is 8.55. The van der Waals surface area contributed by atoms with Crippen LogP contribution in [0.15, 0.2) is 46.9 Å². The molecule has 0 spiro atoms. The quantitative estimate of drug-likeness (QED) is 0.399. The maximum Gasteiger partial charge on any atom is 0.387 e. The van der Waals surface area contributed by atoms with Gasteiger partial charge >= 0.3 is 12.6 Å². The van der Waals surface area contributed by atoms with E-state index in [0.29, 0.717) is 4.88 Å². The lowest BCUT2D eigenvalue weighted by molar-refractivity contribution is -0.0498. The zero-order chi connectivity index (χ0) is 15.2. The zero-order valence-corrected chi connectivity index (χ0v) is 11.3. The lowest BCUT2D eigenvalue weighted by atomic mass is 10.2. The number of oxime groups is 1. The molecule has 1 aromatic carbocycles. The molecular formula is C13H10F2N2O3S. The Bertz CT molecular complexity index is 627. The molecule has 21 heavy (non-hydrogen) atoms. The first-order valence-corrected chi connectivity index (χ1v) is 6.58. The Hall–Kier alpha value is -2.48. The van der Waals surface area contributed by atoms with Crippen molar-refractivity contribution in [2.24, 2.45) is 10.9 Å². The van der Waals surface area contributed by atoms with E-state index in [4.69, 9.17) is 5.73 Å². The first-order valence-electron chi connectivity index (χ1n) is 5.70. The van der Waals surface area contributed by atoms with Crippen LogP contribution in [0.4, 0.5) is 8.78 Å². The summed E-state index contributed by atoms with van der Waals surface area (Å²) in [4.78, 5) is 17.0. The fourth-order valence-corrected chi connectivity index (χ4v) is 2.00. The molecule has 110 valence electrons. The van der Waals surface area contributed by atoms with Crippen LogP contribution in [0.3, 0.4) is 0 Å². The topological polar surface area (TPSA) is 73.9 Å². The van der Waals surface area contributed by atoms with Gasteiger partial charge in [0, 0.05) is 0 Å². The number of carbonyl (C=O) groups excluding carboxylic acids is 1. The average molecular weight is 312 g/mol. The lowest BCUT2D eigenvalue weighted by Crippen LogP contribution is -2.13. The van der Waals surface area contributed by atoms with Gasteiger partial charge in [-0.3, -0.25) is 0 Å². The van der Waals surface area contributed by atoms with Crippen LogP contribution < -0.4 is 10.5 Å². The molecule has 2 N–H and O–H groups in total. The number of halogens is 2. The minimum Gasteiger partial charge on any atom is -0.435 e. The van der Waals surface area contributed by atoms with Gasteiger partial charge in [-0.25, -0.2) is 4.79 Å². The van der Waals surface area contributed by atoms with Crippen molar-refractivity contribution >= 4 is 23.1 Å². The summed E-state index contributed by atoms with van der Waals surface area (Å²) in [6.07, 6.45) is 0. The van der Waals surface area contributed by atoms with Crippen LogP contribution in [0.25, 0.3) is 0 Å². The fourth-order valence-electron chi connectivity index (χ4n) is 1.39. The molecule has 0 radical (unpaired) electrons. The van der Waals surface area contributed by atoms with E-state index in [1.165, 1.54) is 35.6 Å². The second-order valence-corrected chi connectivity index (χ2v) is 4.68. The average Bonchev–Trinajstić information content (AvgIpc) is 2.99. The number of ether oxygens (including phenoxy) is 1. The Morgan fingerprint density at radius 3 is 2.52 bits per heavy atom. The van der Waals surface area contributed by atoms with Crippen LogP contribution in [-0.4, -0.2) is 18.4 Å². The summed E-state index contributed by atoms with van der Waals surface area (Å²) in [6.45, 7) is -2.92. The largest absolute Gasteiger partial charge is 0.435 e. The SMILES string of the molecule is N/C(=N\OC(=O)c1ccc(OC(F)F)cc1)c1cccs1. The van der Waals surface area contributed by atoms with Crippen molar-refractivity contribution < 1.29 is 23.1 Å². The third-order valence-corrected chi connectivity index (χ3v) is 3.21. The van der Waals surface area contributed by atoms with Crippen molar-refractivity contribution in [1.29, 1.82) is 0 Å². The van der Waals surface area contributed by atoms with E-state index in [1.807, 2.05) is 0 Å². The van der Waals surface area contributed by atoms with Crippen LogP contribution in [0.1, 0.15) is 15.2 Å². The fraction of sp³-hybridized carbons (Fsp3) is 0.0769. The number of nitrogens with two attached hydrogens (primary N) is 1. The molecule has 1 heterocycles. The second-order valence-electron chi connectivity index (χ2n) is 3.74. The number of amidine groups is 1. The molecule has 0 unspecified atom stereocenters. The second kappa shape index (κ2) is 6.80. The number of rotatable bonds is 5. The highest BCUT2D eigenvalue weighted by Crippen LogP contribution is 2.15. The van der Waals surface area contributed by atoms with E-state index in [-0.39, 0.29) is 17.1 Å². The van der Waals surface area contributed by atoms with Crippen LogP contribution in [-0.2, 0) is 4.84 Å². The molecule has 1 aromatic heterocycles. The van der Waals surface area contributed by atoms with Crippen LogP contribution in [0.2, 0.25) is 0 Å². The van der Waals surface area contributed by atoms with Crippen LogP contribution in [0, 0.1) is 0 Å².